The second-order valence-corrected chi connectivity index (χ2v) is 5.02. The van der Waals surface area contributed by atoms with Crippen molar-refractivity contribution in [1.82, 2.24) is 9.80 Å². The number of hydrogen-bond donors (Lipinski definition) is 0. The van der Waals surface area contributed by atoms with Gasteiger partial charge in [0, 0.05) is 32.2 Å². The van der Waals surface area contributed by atoms with E-state index in [1.807, 2.05) is 0 Å². The maximum atomic E-state index is 2.71. The minimum atomic E-state index is 0.841. The first kappa shape index (κ1) is 10.4. The van der Waals surface area contributed by atoms with Crippen molar-refractivity contribution >= 4 is 0 Å². The molecule has 0 bridgehead atoms. The summed E-state index contributed by atoms with van der Waals surface area (Å²) in [6, 6.07) is 0.878. The van der Waals surface area contributed by atoms with Gasteiger partial charge in [-0.3, -0.25) is 4.90 Å². The molecule has 2 atom stereocenters. The molecule has 0 N–H and O–H groups in total. The predicted octanol–water partition coefficient (Wildman–Crippen LogP) is 1.63. The van der Waals surface area contributed by atoms with Gasteiger partial charge in [0.15, 0.2) is 0 Å². The second kappa shape index (κ2) is 4.63. The lowest BCUT2D eigenvalue weighted by Gasteiger charge is -2.41. The summed E-state index contributed by atoms with van der Waals surface area (Å²) in [5.74, 6) is 0.841. The summed E-state index contributed by atoms with van der Waals surface area (Å²) in [5, 5.41) is 0. The summed E-state index contributed by atoms with van der Waals surface area (Å²) in [4.78, 5) is 5.15. The van der Waals surface area contributed by atoms with Crippen LogP contribution < -0.4 is 0 Å². The minimum absolute atomic E-state index is 0.841. The molecular formula is C12H23N2. The maximum Gasteiger partial charge on any atom is 0.0113 e. The molecule has 0 spiro atoms. The normalized spacial score (nSPS) is 37.3. The molecule has 2 nitrogen and oxygen atoms in total. The molecule has 2 unspecified atom stereocenters. The molecule has 0 aromatic rings. The SMILES string of the molecule is CC1[CH]CCC(N2CCN(C)CC2)C1. The van der Waals surface area contributed by atoms with Crippen LogP contribution in [0.25, 0.3) is 0 Å². The van der Waals surface area contributed by atoms with Crippen molar-refractivity contribution in [1.29, 1.82) is 0 Å². The van der Waals surface area contributed by atoms with Crippen LogP contribution in [0.2, 0.25) is 0 Å². The van der Waals surface area contributed by atoms with Crippen LogP contribution in [0, 0.1) is 12.3 Å². The summed E-state index contributed by atoms with van der Waals surface area (Å²) < 4.78 is 0. The summed E-state index contributed by atoms with van der Waals surface area (Å²) in [6.07, 6.45) is 6.61. The quantitative estimate of drug-likeness (QED) is 0.627. The van der Waals surface area contributed by atoms with Gasteiger partial charge in [0.2, 0.25) is 0 Å². The summed E-state index contributed by atoms with van der Waals surface area (Å²) >= 11 is 0. The molecule has 0 aromatic carbocycles. The van der Waals surface area contributed by atoms with Crippen LogP contribution in [0.3, 0.4) is 0 Å². The van der Waals surface area contributed by atoms with E-state index in [9.17, 15) is 0 Å². The number of rotatable bonds is 1. The summed E-state index contributed by atoms with van der Waals surface area (Å²) in [6.45, 7) is 7.45. The molecule has 1 aliphatic carbocycles. The van der Waals surface area contributed by atoms with Gasteiger partial charge in [0.25, 0.3) is 0 Å². The Morgan fingerprint density at radius 2 is 1.86 bits per heavy atom. The van der Waals surface area contributed by atoms with Crippen molar-refractivity contribution in [2.75, 3.05) is 33.2 Å². The van der Waals surface area contributed by atoms with Crippen molar-refractivity contribution in [3.05, 3.63) is 6.42 Å². The van der Waals surface area contributed by atoms with Crippen molar-refractivity contribution in [2.24, 2.45) is 5.92 Å². The molecule has 1 saturated carbocycles. The van der Waals surface area contributed by atoms with Gasteiger partial charge in [0.1, 0.15) is 0 Å². The number of likely N-dealkylation sites (N-methyl/N-ethyl adjacent to an activating group) is 1. The van der Waals surface area contributed by atoms with E-state index in [0.717, 1.165) is 12.0 Å². The van der Waals surface area contributed by atoms with Gasteiger partial charge in [-0.15, -0.1) is 0 Å². The van der Waals surface area contributed by atoms with E-state index in [4.69, 9.17) is 0 Å². The van der Waals surface area contributed by atoms with Crippen LogP contribution in [0.4, 0.5) is 0 Å². The van der Waals surface area contributed by atoms with Crippen LogP contribution >= 0.6 is 0 Å². The number of hydrogen-bond acceptors (Lipinski definition) is 2. The number of piperazine rings is 1. The molecule has 0 amide bonds. The first-order valence-corrected chi connectivity index (χ1v) is 6.01. The van der Waals surface area contributed by atoms with E-state index < -0.39 is 0 Å². The predicted molar refractivity (Wildman–Crippen MR) is 60.2 cm³/mol. The molecule has 2 aliphatic rings. The van der Waals surface area contributed by atoms with E-state index in [0.29, 0.717) is 0 Å². The third-order valence-electron chi connectivity index (χ3n) is 3.77. The van der Waals surface area contributed by atoms with E-state index in [1.54, 1.807) is 0 Å². The Labute approximate surface area is 88.3 Å². The van der Waals surface area contributed by atoms with Crippen LogP contribution in [-0.4, -0.2) is 49.1 Å². The van der Waals surface area contributed by atoms with Gasteiger partial charge in [-0.1, -0.05) is 6.92 Å². The summed E-state index contributed by atoms with van der Waals surface area (Å²) in [7, 11) is 2.23. The van der Waals surface area contributed by atoms with Gasteiger partial charge in [-0.2, -0.15) is 0 Å². The molecule has 1 saturated heterocycles. The monoisotopic (exact) mass is 195 g/mol. The average Bonchev–Trinajstić information content (AvgIpc) is 2.19. The lowest BCUT2D eigenvalue weighted by atomic mass is 9.86. The Morgan fingerprint density at radius 3 is 2.50 bits per heavy atom. The Morgan fingerprint density at radius 1 is 1.14 bits per heavy atom. The average molecular weight is 195 g/mol. The highest BCUT2D eigenvalue weighted by atomic mass is 15.3. The van der Waals surface area contributed by atoms with Crippen molar-refractivity contribution in [2.45, 2.75) is 32.2 Å². The van der Waals surface area contributed by atoms with Crippen LogP contribution in [0.15, 0.2) is 0 Å². The molecule has 2 heteroatoms. The van der Waals surface area contributed by atoms with Crippen LogP contribution in [-0.2, 0) is 0 Å². The molecule has 81 valence electrons. The molecule has 1 aliphatic heterocycles. The fourth-order valence-electron chi connectivity index (χ4n) is 2.74. The Hall–Kier alpha value is -0.0800. The smallest absolute Gasteiger partial charge is 0.0113 e. The zero-order valence-electron chi connectivity index (χ0n) is 9.58. The third kappa shape index (κ3) is 2.48. The molecule has 0 aromatic heterocycles. The lowest BCUT2D eigenvalue weighted by molar-refractivity contribution is 0.0885. The van der Waals surface area contributed by atoms with Crippen molar-refractivity contribution in [3.8, 4) is 0 Å². The Bertz CT molecular complexity index is 173. The highest BCUT2D eigenvalue weighted by Gasteiger charge is 2.26. The van der Waals surface area contributed by atoms with Crippen LogP contribution in [0.5, 0.6) is 0 Å². The Balaban J connectivity index is 1.82. The van der Waals surface area contributed by atoms with E-state index >= 15 is 0 Å². The molecule has 2 rings (SSSR count). The van der Waals surface area contributed by atoms with E-state index in [-0.39, 0.29) is 0 Å². The second-order valence-electron chi connectivity index (χ2n) is 5.02. The van der Waals surface area contributed by atoms with Gasteiger partial charge >= 0.3 is 0 Å². The third-order valence-corrected chi connectivity index (χ3v) is 3.77. The van der Waals surface area contributed by atoms with E-state index in [1.165, 1.54) is 45.4 Å². The largest absolute Gasteiger partial charge is 0.304 e. The molecular weight excluding hydrogens is 172 g/mol. The first-order chi connectivity index (χ1) is 6.75. The van der Waals surface area contributed by atoms with E-state index in [2.05, 4.69) is 30.2 Å². The van der Waals surface area contributed by atoms with Gasteiger partial charge in [-0.25, -0.2) is 0 Å². The van der Waals surface area contributed by atoms with Crippen LogP contribution in [0.1, 0.15) is 26.2 Å². The summed E-state index contributed by atoms with van der Waals surface area (Å²) in [5.41, 5.74) is 0. The highest BCUT2D eigenvalue weighted by molar-refractivity contribution is 4.88. The van der Waals surface area contributed by atoms with Crippen molar-refractivity contribution in [3.63, 3.8) is 0 Å². The minimum Gasteiger partial charge on any atom is -0.304 e. The molecule has 1 heterocycles. The fraction of sp³-hybridized carbons (Fsp3) is 0.917. The Kier molecular flexibility index (Phi) is 3.45. The zero-order chi connectivity index (χ0) is 9.97. The van der Waals surface area contributed by atoms with Crippen molar-refractivity contribution < 1.29 is 0 Å². The van der Waals surface area contributed by atoms with Gasteiger partial charge in [0.05, 0.1) is 0 Å². The molecule has 2 fully saturated rings. The lowest BCUT2D eigenvalue weighted by Crippen LogP contribution is -2.50. The van der Waals surface area contributed by atoms with Gasteiger partial charge in [-0.05, 0) is 38.6 Å². The number of nitrogens with zero attached hydrogens (tertiary/aromatic N) is 2. The molecule has 1 radical (unpaired) electrons. The maximum absolute atomic E-state index is 2.71. The molecule has 14 heavy (non-hydrogen) atoms. The topological polar surface area (TPSA) is 6.48 Å². The van der Waals surface area contributed by atoms with Gasteiger partial charge < -0.3 is 4.90 Å². The standard InChI is InChI=1S/C12H23N2/c1-11-4-3-5-12(10-11)14-8-6-13(2)7-9-14/h4,11-12H,3,5-10H2,1-2H3. The first-order valence-electron chi connectivity index (χ1n) is 6.01. The highest BCUT2D eigenvalue weighted by Crippen LogP contribution is 2.26. The zero-order valence-corrected chi connectivity index (χ0v) is 9.58. The fourth-order valence-corrected chi connectivity index (χ4v) is 2.74.